The number of aryl methyl sites for hydroxylation is 8. The van der Waals surface area contributed by atoms with Gasteiger partial charge in [0, 0.05) is 53.2 Å². The first-order valence-electron chi connectivity index (χ1n) is 24.9. The summed E-state index contributed by atoms with van der Waals surface area (Å²) in [7, 11) is 0. The van der Waals surface area contributed by atoms with Crippen LogP contribution in [0.5, 0.6) is 0 Å². The van der Waals surface area contributed by atoms with E-state index in [4.69, 9.17) is 9.97 Å². The molecular weight excluding hydrogens is 841 g/mol. The molecule has 7 aromatic carbocycles. The van der Waals surface area contributed by atoms with E-state index in [2.05, 4.69) is 172 Å². The number of fused-ring (bicyclic) bond motifs is 3. The van der Waals surface area contributed by atoms with E-state index < -0.39 is 0 Å². The fourth-order valence-electron chi connectivity index (χ4n) is 10.4. The number of aromatic nitrogens is 2. The van der Waals surface area contributed by atoms with E-state index in [9.17, 15) is 9.90 Å². The molecule has 0 fully saturated rings. The number of hydrogen-bond donors (Lipinski definition) is 1. The van der Waals surface area contributed by atoms with Crippen molar-refractivity contribution in [2.75, 3.05) is 0 Å². The molecule has 0 atom stereocenters. The molecule has 0 aliphatic heterocycles. The number of carbonyl (C=O) groups excluding carboxylic acids is 1. The maximum absolute atomic E-state index is 12.8. The van der Waals surface area contributed by atoms with Crippen LogP contribution in [0.2, 0.25) is 0 Å². The predicted molar refractivity (Wildman–Crippen MR) is 285 cm³/mol. The number of pyridine rings is 2. The summed E-state index contributed by atoms with van der Waals surface area (Å²) in [6, 6.07) is 58.3. The zero-order chi connectivity index (χ0) is 47.1. The van der Waals surface area contributed by atoms with Crippen LogP contribution >= 0.6 is 0 Å². The maximum Gasteiger partial charge on any atom is 0.159 e. The van der Waals surface area contributed by atoms with E-state index in [0.717, 1.165) is 86.7 Å². The summed E-state index contributed by atoms with van der Waals surface area (Å²) in [6.07, 6.45) is 14.9. The van der Waals surface area contributed by atoms with E-state index in [1.807, 2.05) is 12.4 Å². The third-order valence-electron chi connectivity index (χ3n) is 14.0. The number of hydrogen-bond acceptors (Lipinski definition) is 4. The van der Waals surface area contributed by atoms with Gasteiger partial charge in [-0.15, -0.1) is 0 Å². The van der Waals surface area contributed by atoms with Crippen LogP contribution < -0.4 is 0 Å². The Kier molecular flexibility index (Phi) is 13.7. The van der Waals surface area contributed by atoms with Crippen LogP contribution in [0.25, 0.3) is 44.1 Å². The fraction of sp³-hybridized carbons (Fsp3) is 0.215. The highest BCUT2D eigenvalue weighted by Gasteiger charge is 2.14. The number of benzene rings is 7. The lowest BCUT2D eigenvalue weighted by Gasteiger charge is -2.13. The zero-order valence-electron chi connectivity index (χ0n) is 40.0. The smallest absolute Gasteiger partial charge is 0.159 e. The second-order valence-corrected chi connectivity index (χ2v) is 19.4. The first-order chi connectivity index (χ1) is 33.8. The third kappa shape index (κ3) is 11.1. The van der Waals surface area contributed by atoms with E-state index in [1.54, 1.807) is 0 Å². The van der Waals surface area contributed by atoms with E-state index in [-0.39, 0.29) is 11.5 Å². The van der Waals surface area contributed by atoms with Gasteiger partial charge in [0.2, 0.25) is 0 Å². The second-order valence-electron chi connectivity index (χ2n) is 19.4. The highest BCUT2D eigenvalue weighted by Crippen LogP contribution is 2.33. The van der Waals surface area contributed by atoms with Gasteiger partial charge in [0.15, 0.2) is 5.78 Å². The Morgan fingerprint density at radius 1 is 0.391 bits per heavy atom. The molecule has 13 rings (SSSR count). The average molecular weight is 901 g/mol. The molecule has 1 N–H and O–H groups in total. The minimum Gasteiger partial charge on any atom is -0.512 e. The number of allylic oxidation sites excluding steroid dienone is 2. The molecule has 4 aliphatic rings. The highest BCUT2D eigenvalue weighted by atomic mass is 16.3. The molecule has 0 spiro atoms. The van der Waals surface area contributed by atoms with Gasteiger partial charge in [-0.2, -0.15) is 0 Å². The topological polar surface area (TPSA) is 63.1 Å². The number of aliphatic hydroxyl groups is 1. The lowest BCUT2D eigenvalue weighted by Crippen LogP contribution is -1.98. The van der Waals surface area contributed by atoms with E-state index in [0.29, 0.717) is 12.8 Å². The molecule has 0 saturated heterocycles. The molecular formula is C65H60N2O2. The molecule has 69 heavy (non-hydrogen) atoms. The van der Waals surface area contributed by atoms with Gasteiger partial charge < -0.3 is 5.11 Å². The van der Waals surface area contributed by atoms with Crippen LogP contribution in [0.3, 0.4) is 0 Å². The van der Waals surface area contributed by atoms with Crippen molar-refractivity contribution in [3.8, 4) is 22.5 Å². The Balaban J connectivity index is 0.906. The van der Waals surface area contributed by atoms with Crippen LogP contribution in [0, 0.1) is 13.8 Å². The first-order valence-corrected chi connectivity index (χ1v) is 24.9. The Morgan fingerprint density at radius 3 is 1.26 bits per heavy atom. The Morgan fingerprint density at radius 2 is 0.797 bits per heavy atom. The molecule has 0 amide bonds. The van der Waals surface area contributed by atoms with Crippen molar-refractivity contribution < 1.29 is 9.90 Å². The minimum absolute atomic E-state index is 0.0182. The van der Waals surface area contributed by atoms with Crippen LogP contribution in [0.15, 0.2) is 182 Å². The van der Waals surface area contributed by atoms with Crippen molar-refractivity contribution in [1.29, 1.82) is 0 Å². The molecule has 342 valence electrons. The quantitative estimate of drug-likeness (QED) is 0.165. The van der Waals surface area contributed by atoms with Gasteiger partial charge in [-0.1, -0.05) is 132 Å². The summed E-state index contributed by atoms with van der Waals surface area (Å²) in [5.74, 6) is 0.151. The molecule has 4 aliphatic carbocycles. The number of carbonyl (C=O) groups is 1. The van der Waals surface area contributed by atoms with Crippen molar-refractivity contribution in [1.82, 2.24) is 9.97 Å². The Bertz CT molecular complexity index is 3310. The summed E-state index contributed by atoms with van der Waals surface area (Å²) in [4.78, 5) is 22.8. The maximum atomic E-state index is 12.8. The van der Waals surface area contributed by atoms with Crippen molar-refractivity contribution in [2.45, 2.75) is 90.9 Å². The van der Waals surface area contributed by atoms with Crippen LogP contribution in [0.4, 0.5) is 0 Å². The molecule has 4 nitrogen and oxygen atoms in total. The third-order valence-corrected chi connectivity index (χ3v) is 14.0. The summed E-state index contributed by atoms with van der Waals surface area (Å²) < 4.78 is 0. The molecule has 2 aromatic heterocycles. The first kappa shape index (κ1) is 45.4. The standard InChI is InChI=1S/C65H60N2O2/c1-44-35-52-29-23-48-15-17-49(18-16-48)24-30-53-36-45(2)38-57(42-53)65-63-14-6-10-55(61(63)32-34-67-65)40-51-27-21-47(22-28-51)8-4-12-59(69)43-58(68)11-3-7-46-19-25-50(26-20-46)39-54-9-5-13-62-60(54)31-33-66-64(62)56(37-44)41-52/h5-6,9-10,13-22,25-28,31-38,41-43,68H,3-4,7-8,11-12,23-24,29-30,39-40H2,1-2H3. The second kappa shape index (κ2) is 20.8. The van der Waals surface area contributed by atoms with Gasteiger partial charge in [-0.25, -0.2) is 0 Å². The van der Waals surface area contributed by atoms with E-state index in [1.165, 1.54) is 94.4 Å². The number of aliphatic hydroxyl groups excluding tert-OH is 1. The lowest BCUT2D eigenvalue weighted by molar-refractivity contribution is -0.114. The van der Waals surface area contributed by atoms with Gasteiger partial charge in [0.25, 0.3) is 0 Å². The largest absolute Gasteiger partial charge is 0.512 e. The van der Waals surface area contributed by atoms with Gasteiger partial charge in [0.1, 0.15) is 0 Å². The van der Waals surface area contributed by atoms with Crippen molar-refractivity contribution in [3.05, 3.63) is 249 Å². The monoisotopic (exact) mass is 900 g/mol. The van der Waals surface area contributed by atoms with Gasteiger partial charge in [0.05, 0.1) is 17.1 Å². The highest BCUT2D eigenvalue weighted by molar-refractivity contribution is 5.98. The minimum atomic E-state index is -0.0182. The molecule has 4 heteroatoms. The van der Waals surface area contributed by atoms with E-state index >= 15 is 0 Å². The predicted octanol–water partition coefficient (Wildman–Crippen LogP) is 15.2. The van der Waals surface area contributed by atoms with Gasteiger partial charge in [-0.3, -0.25) is 14.8 Å². The lowest BCUT2D eigenvalue weighted by atomic mass is 9.93. The number of nitrogens with zero attached hydrogens (tertiary/aromatic N) is 2. The van der Waals surface area contributed by atoms with Crippen LogP contribution in [0.1, 0.15) is 92.4 Å². The summed E-state index contributed by atoms with van der Waals surface area (Å²) in [5, 5.41) is 15.5. The normalized spacial score (nSPS) is 14.3. The van der Waals surface area contributed by atoms with Gasteiger partial charge >= 0.3 is 0 Å². The zero-order valence-corrected chi connectivity index (χ0v) is 40.0. The molecule has 0 saturated carbocycles. The average Bonchev–Trinajstić information content (AvgIpc) is 3.36. The Labute approximate surface area is 407 Å². The summed E-state index contributed by atoms with van der Waals surface area (Å²) >= 11 is 0. The fourth-order valence-corrected chi connectivity index (χ4v) is 10.4. The molecule has 0 unspecified atom stereocenters. The van der Waals surface area contributed by atoms with Crippen molar-refractivity contribution in [2.24, 2.45) is 0 Å². The van der Waals surface area contributed by atoms with Gasteiger partial charge in [-0.05, 0) is 181 Å². The Hall–Kier alpha value is -7.43. The molecule has 2 heterocycles. The molecule has 0 radical (unpaired) electrons. The van der Waals surface area contributed by atoms with Crippen LogP contribution in [-0.4, -0.2) is 20.9 Å². The number of ketones is 1. The SMILES string of the molecule is Cc1cc2cc(c1)-c1nccc3c(cccc13)Cc1ccc(cc1)CCCC(=O)C=C(O)CCCc1ccc(cc1)Cc1cccc3c(nccc13)-c1cc(C)cc(c1)CCc1ccc(cc1)CC2. The summed E-state index contributed by atoms with van der Waals surface area (Å²) in [6.45, 7) is 4.38. The molecule has 18 bridgehead atoms. The number of rotatable bonds is 0. The summed E-state index contributed by atoms with van der Waals surface area (Å²) in [5.41, 5.74) is 19.7. The molecule has 9 aromatic rings. The van der Waals surface area contributed by atoms with Crippen molar-refractivity contribution in [3.63, 3.8) is 0 Å². The van der Waals surface area contributed by atoms with Crippen molar-refractivity contribution >= 4 is 27.3 Å². The van der Waals surface area contributed by atoms with Crippen LogP contribution in [-0.2, 0) is 56.2 Å².